The molecule has 0 bridgehead atoms. The van der Waals surface area contributed by atoms with Gasteiger partial charge in [0.15, 0.2) is 0 Å². The summed E-state index contributed by atoms with van der Waals surface area (Å²) in [6.07, 6.45) is -1.17. The van der Waals surface area contributed by atoms with Gasteiger partial charge >= 0.3 is 6.18 Å². The van der Waals surface area contributed by atoms with Gasteiger partial charge in [0.05, 0.1) is 5.56 Å². The minimum absolute atomic E-state index is 0.0421. The van der Waals surface area contributed by atoms with Crippen molar-refractivity contribution in [1.82, 2.24) is 10.2 Å². The number of alkyl halides is 3. The maximum absolute atomic E-state index is 12.5. The van der Waals surface area contributed by atoms with Gasteiger partial charge in [0.1, 0.15) is 0 Å². The van der Waals surface area contributed by atoms with Crippen molar-refractivity contribution in [3.63, 3.8) is 0 Å². The highest BCUT2D eigenvalue weighted by Crippen LogP contribution is 2.29. The highest BCUT2D eigenvalue weighted by atomic mass is 19.4. The molecule has 0 saturated carbocycles. The van der Waals surface area contributed by atoms with Crippen LogP contribution in [0.15, 0.2) is 24.3 Å². The fraction of sp³-hybridized carbons (Fsp3) is 0.579. The number of hydrogen-bond donors (Lipinski definition) is 1. The summed E-state index contributed by atoms with van der Waals surface area (Å²) in [5.74, 6) is 0.00134. The molecule has 0 unspecified atom stereocenters. The molecular weight excluding hydrogens is 345 g/mol. The van der Waals surface area contributed by atoms with Crippen LogP contribution in [0.1, 0.15) is 43.7 Å². The number of piperidine rings is 1. The molecule has 0 radical (unpaired) electrons. The maximum Gasteiger partial charge on any atom is 0.416 e. The molecule has 1 aromatic rings. The zero-order valence-corrected chi connectivity index (χ0v) is 14.9. The number of likely N-dealkylation sites (tertiary alicyclic amines) is 1. The number of amides is 2. The molecule has 26 heavy (non-hydrogen) atoms. The average Bonchev–Trinajstić information content (AvgIpc) is 2.61. The number of hydrogen-bond acceptors (Lipinski definition) is 2. The van der Waals surface area contributed by atoms with Crippen LogP contribution in [0.3, 0.4) is 0 Å². The van der Waals surface area contributed by atoms with Gasteiger partial charge < -0.3 is 10.2 Å². The van der Waals surface area contributed by atoms with Gasteiger partial charge in [0.2, 0.25) is 11.8 Å². The van der Waals surface area contributed by atoms with Gasteiger partial charge in [-0.3, -0.25) is 9.59 Å². The quantitative estimate of drug-likeness (QED) is 0.834. The fourth-order valence-electron chi connectivity index (χ4n) is 3.10. The van der Waals surface area contributed by atoms with Crippen LogP contribution >= 0.6 is 0 Å². The van der Waals surface area contributed by atoms with E-state index in [0.29, 0.717) is 45.3 Å². The van der Waals surface area contributed by atoms with Gasteiger partial charge in [0.25, 0.3) is 0 Å². The lowest BCUT2D eigenvalue weighted by molar-refractivity contribution is -0.137. The van der Waals surface area contributed by atoms with Crippen molar-refractivity contribution in [2.75, 3.05) is 19.6 Å². The summed E-state index contributed by atoms with van der Waals surface area (Å²) in [5.41, 5.74) is 0.0768. The number of benzene rings is 1. The Kier molecular flexibility index (Phi) is 7.06. The van der Waals surface area contributed by atoms with Gasteiger partial charge in [-0.15, -0.1) is 0 Å². The van der Waals surface area contributed by atoms with Crippen molar-refractivity contribution >= 4 is 11.8 Å². The van der Waals surface area contributed by atoms with Gasteiger partial charge in [-0.1, -0.05) is 19.1 Å². The van der Waals surface area contributed by atoms with Crippen molar-refractivity contribution in [3.8, 4) is 0 Å². The minimum atomic E-state index is -4.33. The number of halogens is 3. The Hall–Kier alpha value is -2.05. The number of rotatable bonds is 6. The van der Waals surface area contributed by atoms with E-state index >= 15 is 0 Å². The summed E-state index contributed by atoms with van der Waals surface area (Å²) < 4.78 is 37.6. The van der Waals surface area contributed by atoms with Gasteiger partial charge in [-0.05, 0) is 43.4 Å². The molecule has 144 valence electrons. The van der Waals surface area contributed by atoms with Crippen molar-refractivity contribution in [3.05, 3.63) is 35.4 Å². The van der Waals surface area contributed by atoms with Crippen LogP contribution in [0.2, 0.25) is 0 Å². The summed E-state index contributed by atoms with van der Waals surface area (Å²) in [7, 11) is 0. The predicted molar refractivity (Wildman–Crippen MR) is 92.4 cm³/mol. The summed E-state index contributed by atoms with van der Waals surface area (Å²) >= 11 is 0. The van der Waals surface area contributed by atoms with Crippen molar-refractivity contribution in [2.24, 2.45) is 5.92 Å². The molecular formula is C19H25F3N2O2. The molecule has 2 rings (SSSR count). The number of carbonyl (C=O) groups excluding carboxylic acids is 2. The zero-order chi connectivity index (χ0) is 19.2. The number of carbonyl (C=O) groups is 2. The minimum Gasteiger partial charge on any atom is -0.356 e. The van der Waals surface area contributed by atoms with E-state index in [-0.39, 0.29) is 17.7 Å². The molecule has 1 aromatic carbocycles. The van der Waals surface area contributed by atoms with Crippen LogP contribution in [-0.4, -0.2) is 36.3 Å². The average molecular weight is 370 g/mol. The van der Waals surface area contributed by atoms with E-state index in [1.54, 1.807) is 0 Å². The topological polar surface area (TPSA) is 49.4 Å². The Balaban J connectivity index is 1.72. The Bertz CT molecular complexity index is 606. The van der Waals surface area contributed by atoms with E-state index in [4.69, 9.17) is 0 Å². The van der Waals surface area contributed by atoms with Crippen molar-refractivity contribution < 1.29 is 22.8 Å². The van der Waals surface area contributed by atoms with E-state index in [9.17, 15) is 22.8 Å². The third-order valence-electron chi connectivity index (χ3n) is 4.68. The first-order valence-electron chi connectivity index (χ1n) is 9.03. The molecule has 0 atom stereocenters. The Labute approximate surface area is 151 Å². The van der Waals surface area contributed by atoms with Gasteiger partial charge in [-0.25, -0.2) is 0 Å². The van der Waals surface area contributed by atoms with Crippen molar-refractivity contribution in [2.45, 2.75) is 45.2 Å². The molecule has 1 heterocycles. The molecule has 1 saturated heterocycles. The first-order chi connectivity index (χ1) is 12.3. The van der Waals surface area contributed by atoms with Crippen LogP contribution in [0.5, 0.6) is 0 Å². The summed E-state index contributed by atoms with van der Waals surface area (Å²) in [6, 6.07) is 4.99. The molecule has 2 amide bonds. The van der Waals surface area contributed by atoms with Gasteiger partial charge in [0, 0.05) is 32.0 Å². The molecule has 0 aromatic heterocycles. The second-order valence-electron chi connectivity index (χ2n) is 6.64. The fourth-order valence-corrected chi connectivity index (χ4v) is 3.10. The van der Waals surface area contributed by atoms with Crippen LogP contribution in [0.4, 0.5) is 13.2 Å². The lowest BCUT2D eigenvalue weighted by Crippen LogP contribution is -2.43. The summed E-state index contributed by atoms with van der Waals surface area (Å²) in [6.45, 7) is 3.57. The molecule has 1 N–H and O–H groups in total. The molecule has 7 heteroatoms. The van der Waals surface area contributed by atoms with Crippen LogP contribution < -0.4 is 5.32 Å². The number of nitrogens with zero attached hydrogens (tertiary/aromatic N) is 1. The third kappa shape index (κ3) is 5.75. The Morgan fingerprint density at radius 3 is 2.31 bits per heavy atom. The monoisotopic (exact) mass is 370 g/mol. The second kappa shape index (κ2) is 9.05. The lowest BCUT2D eigenvalue weighted by Gasteiger charge is -2.31. The van der Waals surface area contributed by atoms with E-state index in [2.05, 4.69) is 5.32 Å². The van der Waals surface area contributed by atoms with Crippen molar-refractivity contribution in [1.29, 1.82) is 0 Å². The zero-order valence-electron chi connectivity index (χ0n) is 14.9. The smallest absolute Gasteiger partial charge is 0.356 e. The van der Waals surface area contributed by atoms with Crippen LogP contribution in [0.25, 0.3) is 0 Å². The van der Waals surface area contributed by atoms with E-state index in [0.717, 1.165) is 24.1 Å². The summed E-state index contributed by atoms with van der Waals surface area (Å²) in [4.78, 5) is 25.9. The van der Waals surface area contributed by atoms with E-state index < -0.39 is 11.7 Å². The van der Waals surface area contributed by atoms with Gasteiger partial charge in [-0.2, -0.15) is 13.2 Å². The van der Waals surface area contributed by atoms with Crippen LogP contribution in [0, 0.1) is 5.92 Å². The number of nitrogens with one attached hydrogen (secondary N) is 1. The molecule has 4 nitrogen and oxygen atoms in total. The molecule has 0 aliphatic carbocycles. The molecule has 1 fully saturated rings. The molecule has 1 aliphatic heterocycles. The molecule has 1 aliphatic rings. The Morgan fingerprint density at radius 1 is 1.15 bits per heavy atom. The standard InChI is InChI=1S/C19H25F3N2O2/c1-2-3-17(25)24-12-9-15(10-13-24)18(26)23-11-8-14-4-6-16(7-5-14)19(20,21)22/h4-7,15H,2-3,8-13H2,1H3,(H,23,26). The van der Waals surface area contributed by atoms with Crippen LogP contribution in [-0.2, 0) is 22.2 Å². The SMILES string of the molecule is CCCC(=O)N1CCC(C(=O)NCCc2ccc(C(F)(F)F)cc2)CC1. The molecule has 0 spiro atoms. The lowest BCUT2D eigenvalue weighted by atomic mass is 9.95. The highest BCUT2D eigenvalue weighted by molar-refractivity contribution is 5.80. The first kappa shape index (κ1) is 20.3. The second-order valence-corrected chi connectivity index (χ2v) is 6.64. The predicted octanol–water partition coefficient (Wildman–Crippen LogP) is 3.40. The van der Waals surface area contributed by atoms with E-state index in [1.807, 2.05) is 11.8 Å². The largest absolute Gasteiger partial charge is 0.416 e. The Morgan fingerprint density at radius 2 is 1.77 bits per heavy atom. The third-order valence-corrected chi connectivity index (χ3v) is 4.68. The van der Waals surface area contributed by atoms with E-state index in [1.165, 1.54) is 12.1 Å². The first-order valence-corrected chi connectivity index (χ1v) is 9.03. The highest BCUT2D eigenvalue weighted by Gasteiger charge is 2.30. The maximum atomic E-state index is 12.5. The summed E-state index contributed by atoms with van der Waals surface area (Å²) in [5, 5.41) is 2.85. The normalized spacial score (nSPS) is 15.8.